The molecule has 1 aliphatic rings. The summed E-state index contributed by atoms with van der Waals surface area (Å²) in [4.78, 5) is 52.5. The van der Waals surface area contributed by atoms with Crippen LogP contribution in [0.2, 0.25) is 0 Å². The van der Waals surface area contributed by atoms with Crippen LogP contribution in [0.25, 0.3) is 21.9 Å². The number of carbonyl (C=O) groups excluding carboxylic acids is 2. The highest BCUT2D eigenvalue weighted by molar-refractivity contribution is 6.00. The van der Waals surface area contributed by atoms with Gasteiger partial charge in [0.1, 0.15) is 29.3 Å². The predicted octanol–water partition coefficient (Wildman–Crippen LogP) is 3.77. The second-order valence-corrected chi connectivity index (χ2v) is 11.3. The molecule has 15 heteroatoms. The number of anilines is 1. The largest absolute Gasteiger partial charge is 0.467 e. The minimum Gasteiger partial charge on any atom is -0.467 e. The molecule has 1 aromatic heterocycles. The molecule has 3 aromatic carbocycles. The molecule has 4 aromatic rings. The van der Waals surface area contributed by atoms with Gasteiger partial charge < -0.3 is 24.3 Å². The second-order valence-electron chi connectivity index (χ2n) is 11.3. The summed E-state index contributed by atoms with van der Waals surface area (Å²) in [6, 6.07) is 7.86. The van der Waals surface area contributed by atoms with Crippen molar-refractivity contribution in [3.05, 3.63) is 97.8 Å². The number of carbonyl (C=O) groups is 2. The van der Waals surface area contributed by atoms with Crippen LogP contribution in [0.1, 0.15) is 21.6 Å². The number of halogens is 5. The summed E-state index contributed by atoms with van der Waals surface area (Å²) in [5, 5.41) is 3.48. The third-order valence-corrected chi connectivity index (χ3v) is 8.55. The number of amides is 1. The van der Waals surface area contributed by atoms with Crippen molar-refractivity contribution >= 4 is 28.3 Å². The van der Waals surface area contributed by atoms with E-state index < -0.39 is 70.9 Å². The number of rotatable bonds is 7. The molecule has 2 atom stereocenters. The maximum atomic E-state index is 15.3. The SMILES string of the molecule is COC(=O)[C@H](Cc1ccc(-c2c(C)n(C)c(=O)n(C)c2=O)c2ccccc12)NC(=O)c1c(F)cc(N2CCOC[C@@H]2C(F)(F)F)cc1F. The predicted molar refractivity (Wildman–Crippen MR) is 166 cm³/mol. The number of esters is 1. The Kier molecular flexibility index (Phi) is 9.44. The highest BCUT2D eigenvalue weighted by Crippen LogP contribution is 2.34. The van der Waals surface area contributed by atoms with Crippen molar-refractivity contribution in [1.29, 1.82) is 0 Å². The van der Waals surface area contributed by atoms with Crippen LogP contribution < -0.4 is 21.5 Å². The van der Waals surface area contributed by atoms with Crippen molar-refractivity contribution in [2.45, 2.75) is 31.6 Å². The van der Waals surface area contributed by atoms with Gasteiger partial charge in [0, 0.05) is 38.4 Å². The van der Waals surface area contributed by atoms with Gasteiger partial charge in [0.15, 0.2) is 0 Å². The molecule has 0 spiro atoms. The number of benzene rings is 3. The van der Waals surface area contributed by atoms with E-state index in [1.165, 1.54) is 11.6 Å². The van der Waals surface area contributed by atoms with Gasteiger partial charge >= 0.3 is 17.8 Å². The highest BCUT2D eigenvalue weighted by atomic mass is 19.4. The van der Waals surface area contributed by atoms with E-state index in [0.29, 0.717) is 39.7 Å². The van der Waals surface area contributed by atoms with Gasteiger partial charge in [-0.2, -0.15) is 13.2 Å². The van der Waals surface area contributed by atoms with Gasteiger partial charge in [-0.3, -0.25) is 14.2 Å². The van der Waals surface area contributed by atoms with E-state index in [1.807, 2.05) is 0 Å². The van der Waals surface area contributed by atoms with Gasteiger partial charge in [0.25, 0.3) is 11.5 Å². The lowest BCUT2D eigenvalue weighted by molar-refractivity contribution is -0.167. The number of nitrogens with zero attached hydrogens (tertiary/aromatic N) is 3. The number of aromatic nitrogens is 2. The number of ether oxygens (including phenoxy) is 2. The highest BCUT2D eigenvalue weighted by Gasteiger charge is 2.46. The molecular formula is C33H31F5N4O6. The number of fused-ring (bicyclic) bond motifs is 1. The average Bonchev–Trinajstić information content (AvgIpc) is 3.05. The van der Waals surface area contributed by atoms with Crippen LogP contribution in [0.15, 0.2) is 58.1 Å². The van der Waals surface area contributed by atoms with E-state index in [1.54, 1.807) is 50.4 Å². The van der Waals surface area contributed by atoms with Crippen LogP contribution >= 0.6 is 0 Å². The molecule has 10 nitrogen and oxygen atoms in total. The molecule has 0 unspecified atom stereocenters. The van der Waals surface area contributed by atoms with E-state index in [-0.39, 0.29) is 25.1 Å². The van der Waals surface area contributed by atoms with Gasteiger partial charge in [0.2, 0.25) is 0 Å². The van der Waals surface area contributed by atoms with Crippen LogP contribution in [0, 0.1) is 18.6 Å². The van der Waals surface area contributed by atoms with Gasteiger partial charge in [-0.15, -0.1) is 0 Å². The third kappa shape index (κ3) is 6.29. The summed E-state index contributed by atoms with van der Waals surface area (Å²) in [5.74, 6) is -5.12. The van der Waals surface area contributed by atoms with Gasteiger partial charge in [-0.05, 0) is 41.0 Å². The van der Waals surface area contributed by atoms with Crippen molar-refractivity contribution in [1.82, 2.24) is 14.5 Å². The smallest absolute Gasteiger partial charge is 0.411 e. The van der Waals surface area contributed by atoms with Crippen molar-refractivity contribution in [3.63, 3.8) is 0 Å². The summed E-state index contributed by atoms with van der Waals surface area (Å²) in [7, 11) is 3.98. The summed E-state index contributed by atoms with van der Waals surface area (Å²) < 4.78 is 83.3. The molecule has 0 bridgehead atoms. The van der Waals surface area contributed by atoms with Gasteiger partial charge in [0.05, 0.1) is 25.9 Å². The Labute approximate surface area is 270 Å². The van der Waals surface area contributed by atoms with E-state index in [0.717, 1.165) is 16.6 Å². The number of nitrogens with one attached hydrogen (secondary N) is 1. The molecule has 254 valence electrons. The van der Waals surface area contributed by atoms with E-state index >= 15 is 8.78 Å². The quantitative estimate of drug-likeness (QED) is 0.235. The maximum absolute atomic E-state index is 15.3. The molecule has 0 saturated carbocycles. The Hall–Kier alpha value is -5.05. The summed E-state index contributed by atoms with van der Waals surface area (Å²) in [6.07, 6.45) is -4.95. The van der Waals surface area contributed by atoms with Crippen LogP contribution in [-0.2, 0) is 34.8 Å². The number of hydrogen-bond acceptors (Lipinski definition) is 7. The minimum atomic E-state index is -4.74. The molecule has 0 radical (unpaired) electrons. The Morgan fingerprint density at radius 1 is 1.02 bits per heavy atom. The van der Waals surface area contributed by atoms with Crippen LogP contribution in [0.3, 0.4) is 0 Å². The first kappa shape index (κ1) is 34.3. The molecule has 1 aliphatic heterocycles. The Morgan fingerprint density at radius 3 is 2.29 bits per heavy atom. The fraction of sp³-hybridized carbons (Fsp3) is 0.333. The van der Waals surface area contributed by atoms with Gasteiger partial charge in [-0.1, -0.05) is 36.4 Å². The topological polar surface area (TPSA) is 112 Å². The van der Waals surface area contributed by atoms with Crippen molar-refractivity contribution in [2.24, 2.45) is 14.1 Å². The zero-order valence-electron chi connectivity index (χ0n) is 26.3. The lowest BCUT2D eigenvalue weighted by Gasteiger charge is -2.38. The second kappa shape index (κ2) is 13.2. The molecule has 1 saturated heterocycles. The molecule has 1 amide bonds. The first-order chi connectivity index (χ1) is 22.6. The number of hydrogen-bond donors (Lipinski definition) is 1. The van der Waals surface area contributed by atoms with E-state index in [4.69, 9.17) is 9.47 Å². The van der Waals surface area contributed by atoms with Crippen molar-refractivity contribution < 1.29 is 41.0 Å². The Bertz CT molecular complexity index is 2020. The van der Waals surface area contributed by atoms with Crippen molar-refractivity contribution in [2.75, 3.05) is 31.8 Å². The summed E-state index contributed by atoms with van der Waals surface area (Å²) in [6.45, 7) is 0.523. The standard InChI is InChI=1S/C33H31F5N4O6/c1-17-27(30(44)41(3)32(46)40(17)2)22-10-9-18(20-7-5-6-8-21(20)22)13-25(31(45)47-4)39-29(43)28-23(34)14-19(15-24(28)35)42-11-12-48-16-26(42)33(36,37)38/h5-10,14-15,25-26H,11-13,16H2,1-4H3,(H,39,43)/t25-,26+/m0/s1. The Morgan fingerprint density at radius 2 is 1.67 bits per heavy atom. The van der Waals surface area contributed by atoms with Crippen LogP contribution in [0.5, 0.6) is 0 Å². The number of methoxy groups -OCH3 is 1. The monoisotopic (exact) mass is 674 g/mol. The van der Waals surface area contributed by atoms with E-state index in [2.05, 4.69) is 5.32 Å². The van der Waals surface area contributed by atoms with Crippen molar-refractivity contribution in [3.8, 4) is 11.1 Å². The number of alkyl halides is 3. The lowest BCUT2D eigenvalue weighted by Crippen LogP contribution is -2.53. The van der Waals surface area contributed by atoms with Gasteiger partial charge in [-0.25, -0.2) is 18.4 Å². The Balaban J connectivity index is 1.48. The number of morpholine rings is 1. The molecule has 5 rings (SSSR count). The maximum Gasteiger partial charge on any atom is 0.411 e. The zero-order valence-corrected chi connectivity index (χ0v) is 26.3. The molecular weight excluding hydrogens is 643 g/mol. The minimum absolute atomic E-state index is 0.101. The zero-order chi connectivity index (χ0) is 35.1. The van der Waals surface area contributed by atoms with Crippen LogP contribution in [-0.4, -0.2) is 66.1 Å². The average molecular weight is 675 g/mol. The molecule has 0 aliphatic carbocycles. The van der Waals surface area contributed by atoms with Crippen LogP contribution in [0.4, 0.5) is 27.6 Å². The fourth-order valence-electron chi connectivity index (χ4n) is 5.93. The first-order valence-corrected chi connectivity index (χ1v) is 14.7. The summed E-state index contributed by atoms with van der Waals surface area (Å²) in [5.41, 5.74) is -0.784. The molecule has 1 N–H and O–H groups in total. The van der Waals surface area contributed by atoms with E-state index in [9.17, 15) is 32.3 Å². The molecule has 48 heavy (non-hydrogen) atoms. The lowest BCUT2D eigenvalue weighted by atomic mass is 9.92. The molecule has 1 fully saturated rings. The normalized spacial score (nSPS) is 15.8. The summed E-state index contributed by atoms with van der Waals surface area (Å²) >= 11 is 0. The third-order valence-electron chi connectivity index (χ3n) is 8.55. The molecule has 2 heterocycles. The fourth-order valence-corrected chi connectivity index (χ4v) is 5.93. The first-order valence-electron chi connectivity index (χ1n) is 14.7.